The Morgan fingerprint density at radius 1 is 1.24 bits per heavy atom. The Hall–Kier alpha value is -2.48. The highest BCUT2D eigenvalue weighted by atomic mass is 16.5. The smallest absolute Gasteiger partial charge is 0.163 e. The second kappa shape index (κ2) is 7.18. The minimum absolute atomic E-state index is 0.383. The van der Waals surface area contributed by atoms with Gasteiger partial charge in [-0.15, -0.1) is 0 Å². The Labute approximate surface area is 147 Å². The largest absolute Gasteiger partial charge is 0.377 e. The van der Waals surface area contributed by atoms with E-state index in [1.54, 1.807) is 11.8 Å². The lowest BCUT2D eigenvalue weighted by Crippen LogP contribution is -2.22. The predicted octanol–water partition coefficient (Wildman–Crippen LogP) is 1.85. The van der Waals surface area contributed by atoms with Crippen LogP contribution in [0.5, 0.6) is 0 Å². The summed E-state index contributed by atoms with van der Waals surface area (Å²) in [5.74, 6) is 1.55. The van der Waals surface area contributed by atoms with Crippen LogP contribution in [-0.2, 0) is 24.9 Å². The molecule has 0 amide bonds. The minimum Gasteiger partial charge on any atom is -0.377 e. The van der Waals surface area contributed by atoms with Gasteiger partial charge in [-0.2, -0.15) is 10.2 Å². The van der Waals surface area contributed by atoms with E-state index in [0.29, 0.717) is 12.4 Å². The average molecular weight is 343 g/mol. The molecule has 3 heterocycles. The first-order chi connectivity index (χ1) is 12.0. The summed E-state index contributed by atoms with van der Waals surface area (Å²) in [5, 5.41) is 9.78. The van der Waals surface area contributed by atoms with E-state index in [-0.39, 0.29) is 0 Å². The Morgan fingerprint density at radius 2 is 2.04 bits per heavy atom. The van der Waals surface area contributed by atoms with Crippen molar-refractivity contribution in [3.05, 3.63) is 29.5 Å². The van der Waals surface area contributed by atoms with Crippen LogP contribution < -0.4 is 4.90 Å². The summed E-state index contributed by atoms with van der Waals surface area (Å²) in [6.45, 7) is 6.24. The predicted molar refractivity (Wildman–Crippen MR) is 96.6 cm³/mol. The number of anilines is 1. The summed E-state index contributed by atoms with van der Waals surface area (Å²) in [7, 11) is 5.58. The number of methoxy groups -OCH3 is 1. The molecule has 8 heteroatoms. The Kier molecular flexibility index (Phi) is 4.98. The molecule has 3 aromatic rings. The van der Waals surface area contributed by atoms with Crippen LogP contribution in [0.15, 0.2) is 12.3 Å². The molecule has 3 aromatic heterocycles. The van der Waals surface area contributed by atoms with Crippen molar-refractivity contribution in [2.75, 3.05) is 25.6 Å². The lowest BCUT2D eigenvalue weighted by molar-refractivity contribution is 0.178. The van der Waals surface area contributed by atoms with E-state index in [0.717, 1.165) is 42.1 Å². The number of aromatic nitrogens is 6. The molecular formula is C17H25N7O. The van der Waals surface area contributed by atoms with E-state index >= 15 is 0 Å². The number of rotatable bonds is 7. The van der Waals surface area contributed by atoms with Crippen molar-refractivity contribution in [2.45, 2.75) is 33.4 Å². The van der Waals surface area contributed by atoms with Crippen LogP contribution in [0.25, 0.3) is 11.0 Å². The molecule has 0 fully saturated rings. The van der Waals surface area contributed by atoms with E-state index in [1.807, 2.05) is 27.2 Å². The van der Waals surface area contributed by atoms with Gasteiger partial charge in [0.15, 0.2) is 11.5 Å². The van der Waals surface area contributed by atoms with Gasteiger partial charge in [0, 0.05) is 40.0 Å². The van der Waals surface area contributed by atoms with Gasteiger partial charge >= 0.3 is 0 Å². The van der Waals surface area contributed by atoms with Gasteiger partial charge in [-0.25, -0.2) is 9.97 Å². The van der Waals surface area contributed by atoms with Crippen LogP contribution in [-0.4, -0.2) is 50.2 Å². The molecule has 0 spiro atoms. The maximum atomic E-state index is 5.20. The second-order valence-electron chi connectivity index (χ2n) is 6.33. The molecule has 0 aliphatic rings. The van der Waals surface area contributed by atoms with Gasteiger partial charge in [-0.3, -0.25) is 9.36 Å². The minimum atomic E-state index is 0.383. The summed E-state index contributed by atoms with van der Waals surface area (Å²) < 4.78 is 9.02. The molecule has 0 N–H and O–H groups in total. The van der Waals surface area contributed by atoms with E-state index in [1.165, 1.54) is 5.69 Å². The van der Waals surface area contributed by atoms with Gasteiger partial charge < -0.3 is 9.64 Å². The average Bonchev–Trinajstić information content (AvgIpc) is 3.09. The monoisotopic (exact) mass is 343 g/mol. The normalized spacial score (nSPS) is 11.4. The molecule has 0 aliphatic heterocycles. The van der Waals surface area contributed by atoms with Gasteiger partial charge in [-0.05, 0) is 26.3 Å². The third kappa shape index (κ3) is 3.63. The van der Waals surface area contributed by atoms with Gasteiger partial charge in [0.05, 0.1) is 17.3 Å². The van der Waals surface area contributed by atoms with E-state index in [4.69, 9.17) is 4.74 Å². The van der Waals surface area contributed by atoms with Gasteiger partial charge in [0.25, 0.3) is 0 Å². The molecule has 0 unspecified atom stereocenters. The first kappa shape index (κ1) is 17.3. The van der Waals surface area contributed by atoms with Crippen LogP contribution in [0.1, 0.15) is 23.6 Å². The summed E-state index contributed by atoms with van der Waals surface area (Å²) >= 11 is 0. The summed E-state index contributed by atoms with van der Waals surface area (Å²) in [6, 6.07) is 2.10. The highest BCUT2D eigenvalue weighted by Crippen LogP contribution is 2.23. The van der Waals surface area contributed by atoms with Crippen molar-refractivity contribution in [1.82, 2.24) is 29.5 Å². The number of hydrogen-bond donors (Lipinski definition) is 0. The first-order valence-electron chi connectivity index (χ1n) is 8.39. The van der Waals surface area contributed by atoms with Crippen molar-refractivity contribution in [1.29, 1.82) is 0 Å². The number of ether oxygens (including phenoxy) is 1. The Balaban J connectivity index is 1.76. The zero-order chi connectivity index (χ0) is 18.0. The molecule has 0 bridgehead atoms. The molecule has 0 saturated heterocycles. The van der Waals surface area contributed by atoms with E-state index in [2.05, 4.69) is 42.7 Å². The second-order valence-corrected chi connectivity index (χ2v) is 6.33. The number of fused-ring (bicyclic) bond motifs is 1. The SMILES string of the molecule is COCc1nc(N(C)CCCn2nc(C)cc2C)c2cnn(C)c2n1. The summed E-state index contributed by atoms with van der Waals surface area (Å²) in [6.07, 6.45) is 2.79. The summed E-state index contributed by atoms with van der Waals surface area (Å²) in [5.41, 5.74) is 3.07. The molecule has 8 nitrogen and oxygen atoms in total. The lowest BCUT2D eigenvalue weighted by Gasteiger charge is -2.19. The number of nitrogens with zero attached hydrogens (tertiary/aromatic N) is 7. The molecule has 0 aliphatic carbocycles. The van der Waals surface area contributed by atoms with Gasteiger partial charge in [0.2, 0.25) is 0 Å². The van der Waals surface area contributed by atoms with Crippen LogP contribution >= 0.6 is 0 Å². The fraction of sp³-hybridized carbons (Fsp3) is 0.529. The quantitative estimate of drug-likeness (QED) is 0.652. The van der Waals surface area contributed by atoms with E-state index < -0.39 is 0 Å². The highest BCUT2D eigenvalue weighted by molar-refractivity contribution is 5.86. The van der Waals surface area contributed by atoms with Crippen LogP contribution in [0, 0.1) is 13.8 Å². The van der Waals surface area contributed by atoms with Crippen molar-refractivity contribution in [3.63, 3.8) is 0 Å². The maximum Gasteiger partial charge on any atom is 0.163 e. The number of aryl methyl sites for hydroxylation is 4. The Bertz CT molecular complexity index is 867. The molecule has 0 saturated carbocycles. The topological polar surface area (TPSA) is 73.9 Å². The van der Waals surface area contributed by atoms with Gasteiger partial charge in [-0.1, -0.05) is 0 Å². The van der Waals surface area contributed by atoms with Crippen molar-refractivity contribution >= 4 is 16.9 Å². The summed E-state index contributed by atoms with van der Waals surface area (Å²) in [4.78, 5) is 11.3. The molecule has 0 atom stereocenters. The molecule has 0 aromatic carbocycles. The molecule has 134 valence electrons. The first-order valence-corrected chi connectivity index (χ1v) is 8.39. The van der Waals surface area contributed by atoms with Crippen LogP contribution in [0.3, 0.4) is 0 Å². The van der Waals surface area contributed by atoms with E-state index in [9.17, 15) is 0 Å². The zero-order valence-electron chi connectivity index (χ0n) is 15.5. The molecule has 0 radical (unpaired) electrons. The fourth-order valence-electron chi connectivity index (χ4n) is 3.00. The standard InChI is InChI=1S/C17H25N7O/c1-12-9-13(2)24(21-12)8-6-7-22(3)16-14-10-18-23(4)17(14)20-15(19-16)11-25-5/h9-10H,6-8,11H2,1-5H3. The third-order valence-electron chi connectivity index (χ3n) is 4.22. The van der Waals surface area contributed by atoms with Crippen LogP contribution in [0.4, 0.5) is 5.82 Å². The highest BCUT2D eigenvalue weighted by Gasteiger charge is 2.15. The lowest BCUT2D eigenvalue weighted by atomic mass is 10.3. The molecule has 3 rings (SSSR count). The molecule has 25 heavy (non-hydrogen) atoms. The number of hydrogen-bond acceptors (Lipinski definition) is 6. The zero-order valence-corrected chi connectivity index (χ0v) is 15.5. The maximum absolute atomic E-state index is 5.20. The van der Waals surface area contributed by atoms with Crippen molar-refractivity contribution < 1.29 is 4.74 Å². The fourth-order valence-corrected chi connectivity index (χ4v) is 3.00. The van der Waals surface area contributed by atoms with Gasteiger partial charge in [0.1, 0.15) is 12.4 Å². The van der Waals surface area contributed by atoms with Crippen molar-refractivity contribution in [3.8, 4) is 0 Å². The Morgan fingerprint density at radius 3 is 2.72 bits per heavy atom. The third-order valence-corrected chi connectivity index (χ3v) is 4.22. The van der Waals surface area contributed by atoms with Crippen LogP contribution in [0.2, 0.25) is 0 Å². The van der Waals surface area contributed by atoms with Crippen molar-refractivity contribution in [2.24, 2.45) is 7.05 Å². The molecular weight excluding hydrogens is 318 g/mol.